The molecule has 0 aliphatic heterocycles. The number of aliphatic carboxylic acids is 1. The van der Waals surface area contributed by atoms with Crippen LogP contribution in [0.2, 0.25) is 0 Å². The Morgan fingerprint density at radius 3 is 2.10 bits per heavy atom. The van der Waals surface area contributed by atoms with E-state index in [1.54, 1.807) is 6.92 Å². The summed E-state index contributed by atoms with van der Waals surface area (Å²) in [6.45, 7) is 14.4. The highest BCUT2D eigenvalue weighted by atomic mass is 19.3. The number of ether oxygens (including phenoxy) is 1. The first-order chi connectivity index (χ1) is 14.0. The smallest absolute Gasteiger partial charge is 0.328 e. The molecule has 0 aliphatic rings. The van der Waals surface area contributed by atoms with E-state index in [1.807, 2.05) is 32.9 Å². The van der Waals surface area contributed by atoms with Gasteiger partial charge in [0.25, 0.3) is 6.43 Å². The van der Waals surface area contributed by atoms with E-state index < -0.39 is 24.8 Å². The molecule has 1 N–H and O–H groups in total. The van der Waals surface area contributed by atoms with Crippen LogP contribution in [0, 0.1) is 0 Å². The SMILES string of the molecule is CC(=C\C(=O)O)/C(F)=C\C=C(/C)c1cc(C(C)(C)C)cc(C(C)(C)C)c1OCC(F)F. The fourth-order valence-electron chi connectivity index (χ4n) is 2.89. The van der Waals surface area contributed by atoms with Crippen LogP contribution in [-0.4, -0.2) is 24.1 Å². The first kappa shape index (κ1) is 26.5. The van der Waals surface area contributed by atoms with Crippen molar-refractivity contribution in [3.8, 4) is 5.75 Å². The van der Waals surface area contributed by atoms with Gasteiger partial charge in [-0.15, -0.1) is 0 Å². The van der Waals surface area contributed by atoms with E-state index in [9.17, 15) is 18.0 Å². The molecule has 0 saturated carbocycles. The normalized spacial score (nSPS) is 14.3. The average molecular weight is 439 g/mol. The Morgan fingerprint density at radius 2 is 1.65 bits per heavy atom. The van der Waals surface area contributed by atoms with Crippen molar-refractivity contribution in [2.24, 2.45) is 0 Å². The Balaban J connectivity index is 3.72. The van der Waals surface area contributed by atoms with E-state index in [2.05, 4.69) is 20.8 Å². The molecule has 31 heavy (non-hydrogen) atoms. The summed E-state index contributed by atoms with van der Waals surface area (Å²) in [5, 5.41) is 8.78. The molecule has 0 atom stereocenters. The molecule has 0 heterocycles. The predicted octanol–water partition coefficient (Wildman–Crippen LogP) is 7.21. The quantitative estimate of drug-likeness (QED) is 0.361. The third kappa shape index (κ3) is 7.93. The predicted molar refractivity (Wildman–Crippen MR) is 120 cm³/mol. The minimum atomic E-state index is -2.63. The monoisotopic (exact) mass is 438 g/mol. The first-order valence-corrected chi connectivity index (χ1v) is 10.1. The summed E-state index contributed by atoms with van der Waals surface area (Å²) in [6, 6.07) is 3.86. The van der Waals surface area contributed by atoms with Gasteiger partial charge in [-0.2, -0.15) is 0 Å². The molecule has 6 heteroatoms. The fourth-order valence-corrected chi connectivity index (χ4v) is 2.89. The molecule has 1 aromatic rings. The number of hydrogen-bond acceptors (Lipinski definition) is 2. The number of alkyl halides is 2. The number of carboxylic acids is 1. The second kappa shape index (κ2) is 10.2. The van der Waals surface area contributed by atoms with Gasteiger partial charge in [-0.1, -0.05) is 53.7 Å². The van der Waals surface area contributed by atoms with Crippen LogP contribution < -0.4 is 4.74 Å². The highest BCUT2D eigenvalue weighted by Gasteiger charge is 2.27. The summed E-state index contributed by atoms with van der Waals surface area (Å²) in [5.74, 6) is -1.59. The number of halogens is 3. The van der Waals surface area contributed by atoms with Gasteiger partial charge in [0.05, 0.1) is 0 Å². The number of allylic oxidation sites excluding steroid dienone is 5. The van der Waals surface area contributed by atoms with E-state index in [4.69, 9.17) is 9.84 Å². The van der Waals surface area contributed by atoms with Gasteiger partial charge >= 0.3 is 5.97 Å². The van der Waals surface area contributed by atoms with Crippen molar-refractivity contribution in [3.05, 3.63) is 58.5 Å². The summed E-state index contributed by atoms with van der Waals surface area (Å²) in [4.78, 5) is 10.7. The van der Waals surface area contributed by atoms with Gasteiger partial charge in [0.15, 0.2) is 0 Å². The summed E-state index contributed by atoms with van der Waals surface area (Å²) < 4.78 is 45.7. The molecular formula is C25H33F3O3. The zero-order valence-electron chi connectivity index (χ0n) is 19.6. The van der Waals surface area contributed by atoms with Gasteiger partial charge in [0.1, 0.15) is 18.2 Å². The molecule has 0 amide bonds. The van der Waals surface area contributed by atoms with Gasteiger partial charge in [-0.25, -0.2) is 18.0 Å². The zero-order chi connectivity index (χ0) is 24.1. The number of carboxylic acid groups (broad SMARTS) is 1. The molecule has 0 aliphatic carbocycles. The van der Waals surface area contributed by atoms with Crippen LogP contribution in [0.4, 0.5) is 13.2 Å². The maximum atomic E-state index is 14.3. The molecular weight excluding hydrogens is 405 g/mol. The van der Waals surface area contributed by atoms with Gasteiger partial charge in [0, 0.05) is 17.2 Å². The number of benzene rings is 1. The lowest BCUT2D eigenvalue weighted by atomic mass is 9.78. The molecule has 1 aromatic carbocycles. The van der Waals surface area contributed by atoms with Crippen LogP contribution in [0.5, 0.6) is 5.75 Å². The maximum absolute atomic E-state index is 14.3. The summed E-state index contributed by atoms with van der Waals surface area (Å²) >= 11 is 0. The van der Waals surface area contributed by atoms with Gasteiger partial charge in [0.2, 0.25) is 0 Å². The van der Waals surface area contributed by atoms with E-state index in [0.717, 1.165) is 17.2 Å². The minimum Gasteiger partial charge on any atom is -0.487 e. The standard InChI is InChI=1S/C25H33F3O3/c1-15(9-10-20(26)16(2)11-22(29)30)18-12-17(24(3,4)5)13-19(25(6,7)8)23(18)31-14-21(27)28/h9-13,21H,14H2,1-8H3,(H,29,30)/b15-9+,16-11+,20-10+. The molecule has 0 unspecified atom stereocenters. The maximum Gasteiger partial charge on any atom is 0.328 e. The molecule has 0 spiro atoms. The molecule has 0 bridgehead atoms. The molecule has 0 fully saturated rings. The van der Waals surface area contributed by atoms with Crippen molar-refractivity contribution < 1.29 is 27.8 Å². The molecule has 0 saturated heterocycles. The van der Waals surface area contributed by atoms with Crippen LogP contribution in [0.1, 0.15) is 72.1 Å². The molecule has 3 nitrogen and oxygen atoms in total. The lowest BCUT2D eigenvalue weighted by molar-refractivity contribution is -0.131. The van der Waals surface area contributed by atoms with E-state index in [0.29, 0.717) is 16.9 Å². The van der Waals surface area contributed by atoms with Crippen molar-refractivity contribution in [2.45, 2.75) is 72.6 Å². The topological polar surface area (TPSA) is 46.5 Å². The molecule has 172 valence electrons. The minimum absolute atomic E-state index is 0.0236. The Hall–Kier alpha value is -2.50. The van der Waals surface area contributed by atoms with E-state index >= 15 is 0 Å². The Bertz CT molecular complexity index is 896. The highest BCUT2D eigenvalue weighted by Crippen LogP contribution is 2.41. The lowest BCUT2D eigenvalue weighted by Crippen LogP contribution is -2.20. The lowest BCUT2D eigenvalue weighted by Gasteiger charge is -2.29. The van der Waals surface area contributed by atoms with Crippen molar-refractivity contribution in [3.63, 3.8) is 0 Å². The molecule has 1 rings (SSSR count). The zero-order valence-corrected chi connectivity index (χ0v) is 19.6. The largest absolute Gasteiger partial charge is 0.487 e. The summed E-state index contributed by atoms with van der Waals surface area (Å²) in [5.41, 5.74) is 2.38. The van der Waals surface area contributed by atoms with Crippen molar-refractivity contribution >= 4 is 11.5 Å². The number of hydrogen-bond donors (Lipinski definition) is 1. The highest BCUT2D eigenvalue weighted by molar-refractivity contribution is 5.81. The van der Waals surface area contributed by atoms with Crippen LogP contribution in [0.15, 0.2) is 41.8 Å². The van der Waals surface area contributed by atoms with Crippen LogP contribution in [0.3, 0.4) is 0 Å². The molecule has 0 radical (unpaired) electrons. The first-order valence-electron chi connectivity index (χ1n) is 10.1. The Morgan fingerprint density at radius 1 is 1.06 bits per heavy atom. The van der Waals surface area contributed by atoms with Gasteiger partial charge in [-0.05, 0) is 53.5 Å². The summed E-state index contributed by atoms with van der Waals surface area (Å²) in [7, 11) is 0. The Kier molecular flexibility index (Phi) is 8.74. The van der Waals surface area contributed by atoms with Gasteiger partial charge in [-0.3, -0.25) is 0 Å². The second-order valence-electron chi connectivity index (χ2n) is 9.63. The third-order valence-corrected chi connectivity index (χ3v) is 4.74. The summed E-state index contributed by atoms with van der Waals surface area (Å²) in [6.07, 6.45) is 0.817. The van der Waals surface area contributed by atoms with Crippen molar-refractivity contribution in [2.75, 3.05) is 6.61 Å². The third-order valence-electron chi connectivity index (χ3n) is 4.74. The average Bonchev–Trinajstić information content (AvgIpc) is 2.61. The van der Waals surface area contributed by atoms with Crippen molar-refractivity contribution in [1.82, 2.24) is 0 Å². The number of rotatable bonds is 7. The number of carbonyl (C=O) groups is 1. The fraction of sp³-hybridized carbons (Fsp3) is 0.480. The Labute approximate surface area is 183 Å². The van der Waals surface area contributed by atoms with Crippen LogP contribution in [0.25, 0.3) is 5.57 Å². The van der Waals surface area contributed by atoms with Crippen molar-refractivity contribution in [1.29, 1.82) is 0 Å². The second-order valence-corrected chi connectivity index (χ2v) is 9.63. The van der Waals surface area contributed by atoms with E-state index in [1.165, 1.54) is 19.1 Å². The van der Waals surface area contributed by atoms with E-state index in [-0.39, 0.29) is 16.4 Å². The molecule has 0 aromatic heterocycles. The van der Waals surface area contributed by atoms with Gasteiger partial charge < -0.3 is 9.84 Å². The van der Waals surface area contributed by atoms with Crippen LogP contribution in [-0.2, 0) is 15.6 Å². The van der Waals surface area contributed by atoms with Crippen LogP contribution >= 0.6 is 0 Å².